The Balaban J connectivity index is 2.38. The first-order valence-corrected chi connectivity index (χ1v) is 4.09. The molecule has 0 unspecified atom stereocenters. The van der Waals surface area contributed by atoms with Crippen LogP contribution in [-0.4, -0.2) is 12.8 Å². The van der Waals surface area contributed by atoms with E-state index >= 15 is 0 Å². The minimum absolute atomic E-state index is 0.736. The highest BCUT2D eigenvalue weighted by molar-refractivity contribution is 6.03. The summed E-state index contributed by atoms with van der Waals surface area (Å²) < 4.78 is 5.21. The summed E-state index contributed by atoms with van der Waals surface area (Å²) >= 11 is 0. The molecule has 0 saturated heterocycles. The molecule has 0 atom stereocenters. The van der Waals surface area contributed by atoms with Crippen molar-refractivity contribution in [2.45, 2.75) is 6.42 Å². The van der Waals surface area contributed by atoms with E-state index in [-0.39, 0.29) is 0 Å². The SMILES string of the molecule is COc1ccccc1C1=NO[CH]C1. The number of para-hydroxylation sites is 1. The summed E-state index contributed by atoms with van der Waals surface area (Å²) in [5, 5.41) is 3.90. The molecular formula is C10H10NO2. The largest absolute Gasteiger partial charge is 0.496 e. The summed E-state index contributed by atoms with van der Waals surface area (Å²) in [6.45, 7) is 1.67. The van der Waals surface area contributed by atoms with Crippen molar-refractivity contribution in [2.24, 2.45) is 5.16 Å². The quantitative estimate of drug-likeness (QED) is 0.689. The lowest BCUT2D eigenvalue weighted by Crippen LogP contribution is -1.99. The summed E-state index contributed by atoms with van der Waals surface area (Å²) in [5.74, 6) is 0.833. The number of rotatable bonds is 2. The van der Waals surface area contributed by atoms with Gasteiger partial charge in [-0.25, -0.2) is 0 Å². The molecule has 0 aromatic heterocycles. The molecule has 13 heavy (non-hydrogen) atoms. The van der Waals surface area contributed by atoms with Crippen molar-refractivity contribution in [1.82, 2.24) is 0 Å². The fraction of sp³-hybridized carbons (Fsp3) is 0.200. The molecule has 0 aliphatic carbocycles. The van der Waals surface area contributed by atoms with Crippen LogP contribution in [0.5, 0.6) is 5.75 Å². The predicted octanol–water partition coefficient (Wildman–Crippen LogP) is 1.98. The van der Waals surface area contributed by atoms with Gasteiger partial charge >= 0.3 is 0 Å². The monoisotopic (exact) mass is 176 g/mol. The average Bonchev–Trinajstić information content (AvgIpc) is 2.70. The van der Waals surface area contributed by atoms with E-state index in [1.165, 1.54) is 0 Å². The highest BCUT2D eigenvalue weighted by atomic mass is 16.6. The lowest BCUT2D eigenvalue weighted by molar-refractivity contribution is 0.234. The van der Waals surface area contributed by atoms with Crippen LogP contribution in [-0.2, 0) is 4.84 Å². The van der Waals surface area contributed by atoms with Gasteiger partial charge in [0.05, 0.1) is 12.8 Å². The first-order valence-electron chi connectivity index (χ1n) is 4.09. The smallest absolute Gasteiger partial charge is 0.172 e. The Hall–Kier alpha value is -1.51. The van der Waals surface area contributed by atoms with Crippen molar-refractivity contribution in [3.63, 3.8) is 0 Å². The Bertz CT molecular complexity index is 333. The number of benzene rings is 1. The molecule has 1 heterocycles. The predicted molar refractivity (Wildman–Crippen MR) is 49.5 cm³/mol. The maximum atomic E-state index is 5.21. The van der Waals surface area contributed by atoms with Gasteiger partial charge in [-0.05, 0) is 12.1 Å². The first-order chi connectivity index (χ1) is 6.42. The van der Waals surface area contributed by atoms with Crippen molar-refractivity contribution >= 4 is 5.71 Å². The summed E-state index contributed by atoms with van der Waals surface area (Å²) in [6.07, 6.45) is 0.736. The molecule has 1 aromatic carbocycles. The number of nitrogens with zero attached hydrogens (tertiary/aromatic N) is 1. The lowest BCUT2D eigenvalue weighted by atomic mass is 10.1. The van der Waals surface area contributed by atoms with Gasteiger partial charge in [-0.1, -0.05) is 17.3 Å². The molecule has 1 aromatic rings. The maximum Gasteiger partial charge on any atom is 0.172 e. The second-order valence-corrected chi connectivity index (χ2v) is 2.71. The Kier molecular flexibility index (Phi) is 2.17. The number of methoxy groups -OCH3 is 1. The molecule has 0 N–H and O–H groups in total. The summed E-state index contributed by atoms with van der Waals surface area (Å²) in [4.78, 5) is 4.82. The fourth-order valence-corrected chi connectivity index (χ4v) is 1.30. The standard InChI is InChI=1S/C10H10NO2/c1-12-10-5-3-2-4-8(10)9-6-7-13-11-9/h2-5,7H,6H2,1H3. The zero-order chi connectivity index (χ0) is 9.10. The van der Waals surface area contributed by atoms with E-state index in [4.69, 9.17) is 9.57 Å². The van der Waals surface area contributed by atoms with Crippen LogP contribution >= 0.6 is 0 Å². The van der Waals surface area contributed by atoms with Crippen LogP contribution in [0.2, 0.25) is 0 Å². The van der Waals surface area contributed by atoms with Crippen LogP contribution in [0.1, 0.15) is 12.0 Å². The van der Waals surface area contributed by atoms with Crippen LogP contribution in [0.25, 0.3) is 0 Å². The van der Waals surface area contributed by atoms with Crippen molar-refractivity contribution in [3.8, 4) is 5.75 Å². The molecule has 67 valence electrons. The molecule has 0 amide bonds. The Labute approximate surface area is 77.0 Å². The first kappa shape index (κ1) is 8.10. The molecule has 1 aliphatic heterocycles. The van der Waals surface area contributed by atoms with E-state index < -0.39 is 0 Å². The maximum absolute atomic E-state index is 5.21. The van der Waals surface area contributed by atoms with Gasteiger partial charge in [-0.2, -0.15) is 0 Å². The molecular weight excluding hydrogens is 166 g/mol. The third-order valence-corrected chi connectivity index (χ3v) is 1.93. The van der Waals surface area contributed by atoms with E-state index in [1.807, 2.05) is 24.3 Å². The van der Waals surface area contributed by atoms with Crippen LogP contribution in [0.4, 0.5) is 0 Å². The molecule has 0 spiro atoms. The van der Waals surface area contributed by atoms with Gasteiger partial charge in [0, 0.05) is 12.0 Å². The van der Waals surface area contributed by atoms with Gasteiger partial charge in [0.15, 0.2) is 6.61 Å². The van der Waals surface area contributed by atoms with Crippen molar-refractivity contribution in [1.29, 1.82) is 0 Å². The van der Waals surface area contributed by atoms with E-state index in [0.717, 1.165) is 23.4 Å². The Morgan fingerprint density at radius 2 is 2.23 bits per heavy atom. The second kappa shape index (κ2) is 3.47. The van der Waals surface area contributed by atoms with E-state index in [2.05, 4.69) is 5.16 Å². The topological polar surface area (TPSA) is 30.8 Å². The Morgan fingerprint density at radius 1 is 1.38 bits per heavy atom. The number of ether oxygens (including phenoxy) is 1. The number of hydrogen-bond acceptors (Lipinski definition) is 3. The van der Waals surface area contributed by atoms with Gasteiger partial charge < -0.3 is 9.57 Å². The molecule has 2 rings (SSSR count). The van der Waals surface area contributed by atoms with Crippen molar-refractivity contribution in [2.75, 3.05) is 7.11 Å². The van der Waals surface area contributed by atoms with Gasteiger partial charge in [0.1, 0.15) is 5.75 Å². The minimum atomic E-state index is 0.736. The van der Waals surface area contributed by atoms with E-state index in [0.29, 0.717) is 0 Å². The number of hydrogen-bond donors (Lipinski definition) is 0. The zero-order valence-corrected chi connectivity index (χ0v) is 7.36. The number of oxime groups is 1. The average molecular weight is 176 g/mol. The summed E-state index contributed by atoms with van der Waals surface area (Å²) in [7, 11) is 1.65. The molecule has 0 saturated carbocycles. The van der Waals surface area contributed by atoms with Crippen LogP contribution in [0, 0.1) is 6.61 Å². The molecule has 0 fully saturated rings. The Morgan fingerprint density at radius 3 is 2.92 bits per heavy atom. The summed E-state index contributed by atoms with van der Waals surface area (Å²) in [5.41, 5.74) is 1.91. The summed E-state index contributed by atoms with van der Waals surface area (Å²) in [6, 6.07) is 7.78. The third-order valence-electron chi connectivity index (χ3n) is 1.93. The molecule has 1 radical (unpaired) electrons. The highest BCUT2D eigenvalue weighted by Gasteiger charge is 2.14. The van der Waals surface area contributed by atoms with Gasteiger partial charge in [-0.15, -0.1) is 0 Å². The third kappa shape index (κ3) is 1.49. The lowest BCUT2D eigenvalue weighted by Gasteiger charge is -2.05. The van der Waals surface area contributed by atoms with E-state index in [9.17, 15) is 0 Å². The molecule has 1 aliphatic rings. The highest BCUT2D eigenvalue weighted by Crippen LogP contribution is 2.22. The normalized spacial score (nSPS) is 15.0. The molecule has 0 bridgehead atoms. The van der Waals surface area contributed by atoms with Crippen LogP contribution in [0.15, 0.2) is 29.4 Å². The van der Waals surface area contributed by atoms with Crippen LogP contribution < -0.4 is 4.74 Å². The van der Waals surface area contributed by atoms with Gasteiger partial charge in [0.2, 0.25) is 0 Å². The van der Waals surface area contributed by atoms with Gasteiger partial charge in [0.25, 0.3) is 0 Å². The van der Waals surface area contributed by atoms with E-state index in [1.54, 1.807) is 13.7 Å². The minimum Gasteiger partial charge on any atom is -0.496 e. The van der Waals surface area contributed by atoms with Gasteiger partial charge in [-0.3, -0.25) is 0 Å². The van der Waals surface area contributed by atoms with Crippen molar-refractivity contribution < 1.29 is 9.57 Å². The van der Waals surface area contributed by atoms with Crippen LogP contribution in [0.3, 0.4) is 0 Å². The molecule has 3 heteroatoms. The fourth-order valence-electron chi connectivity index (χ4n) is 1.30. The second-order valence-electron chi connectivity index (χ2n) is 2.71. The molecule has 3 nitrogen and oxygen atoms in total. The zero-order valence-electron chi connectivity index (χ0n) is 7.36. The van der Waals surface area contributed by atoms with Crippen molar-refractivity contribution in [3.05, 3.63) is 36.4 Å².